The van der Waals surface area contributed by atoms with Crippen molar-refractivity contribution in [2.24, 2.45) is 0 Å². The highest BCUT2D eigenvalue weighted by Crippen LogP contribution is 2.42. The molecule has 36 heavy (non-hydrogen) atoms. The van der Waals surface area contributed by atoms with Crippen LogP contribution >= 0.6 is 0 Å². The van der Waals surface area contributed by atoms with Crippen molar-refractivity contribution in [3.05, 3.63) is 89.5 Å². The number of hydrogen-bond donors (Lipinski definition) is 0. The second-order valence-electron chi connectivity index (χ2n) is 9.02. The highest BCUT2D eigenvalue weighted by atomic mass is 16.6. The van der Waals surface area contributed by atoms with Crippen LogP contribution in [0.5, 0.6) is 17.2 Å². The minimum atomic E-state index is -0.913. The molecule has 7 nitrogen and oxygen atoms in total. The summed E-state index contributed by atoms with van der Waals surface area (Å²) in [5, 5.41) is 0. The largest absolute Gasteiger partial charge is 0.497 e. The van der Waals surface area contributed by atoms with E-state index in [0.29, 0.717) is 13.2 Å². The standard InChI is InChI=1S/C29H31NO6/c1-32-23-10-4-20(5-11-23)29(21-6-12-24(33-2)13-7-21,22-8-14-25(34-3)15-9-22)35-17-16-30-19-26-18-27(30)28(31)36-26/h4-15,26-27H,16-19H2,1-3H3/t26-,27-/m0/s1. The van der Waals surface area contributed by atoms with Crippen LogP contribution in [0.15, 0.2) is 72.8 Å². The minimum absolute atomic E-state index is 0.00276. The first-order valence-corrected chi connectivity index (χ1v) is 12.1. The zero-order chi connectivity index (χ0) is 25.1. The summed E-state index contributed by atoms with van der Waals surface area (Å²) in [6, 6.07) is 23.7. The van der Waals surface area contributed by atoms with Crippen molar-refractivity contribution in [2.75, 3.05) is 41.0 Å². The number of morpholine rings is 1. The summed E-state index contributed by atoms with van der Waals surface area (Å²) in [6.07, 6.45) is 0.761. The lowest BCUT2D eigenvalue weighted by molar-refractivity contribution is -0.151. The second-order valence-corrected chi connectivity index (χ2v) is 9.02. The zero-order valence-corrected chi connectivity index (χ0v) is 20.8. The van der Waals surface area contributed by atoms with Crippen molar-refractivity contribution in [2.45, 2.75) is 24.2 Å². The van der Waals surface area contributed by atoms with Gasteiger partial charge in [-0.25, -0.2) is 0 Å². The van der Waals surface area contributed by atoms with Gasteiger partial charge in [0.2, 0.25) is 0 Å². The van der Waals surface area contributed by atoms with E-state index in [1.165, 1.54) is 0 Å². The Bertz CT molecular complexity index is 1060. The Labute approximate surface area is 211 Å². The summed E-state index contributed by atoms with van der Waals surface area (Å²) in [5.74, 6) is 2.18. The van der Waals surface area contributed by atoms with Crippen LogP contribution in [0.1, 0.15) is 23.1 Å². The fraction of sp³-hybridized carbons (Fsp3) is 0.345. The molecule has 0 spiro atoms. The van der Waals surface area contributed by atoms with Crippen LogP contribution in [-0.2, 0) is 19.9 Å². The molecule has 0 N–H and O–H groups in total. The van der Waals surface area contributed by atoms with Gasteiger partial charge in [-0.15, -0.1) is 0 Å². The normalized spacial score (nSPS) is 19.2. The van der Waals surface area contributed by atoms with Crippen molar-refractivity contribution < 1.29 is 28.5 Å². The van der Waals surface area contributed by atoms with E-state index < -0.39 is 5.60 Å². The van der Waals surface area contributed by atoms with Crippen LogP contribution in [-0.4, -0.2) is 64.0 Å². The summed E-state index contributed by atoms with van der Waals surface area (Å²) in [6.45, 7) is 1.79. The number of fused-ring (bicyclic) bond motifs is 2. The molecule has 0 amide bonds. The van der Waals surface area contributed by atoms with E-state index in [9.17, 15) is 4.79 Å². The van der Waals surface area contributed by atoms with Crippen molar-refractivity contribution in [1.82, 2.24) is 4.90 Å². The maximum atomic E-state index is 12.1. The maximum Gasteiger partial charge on any atom is 0.323 e. The zero-order valence-electron chi connectivity index (χ0n) is 20.8. The molecule has 7 heteroatoms. The molecule has 0 aromatic heterocycles. The number of nitrogens with zero attached hydrogens (tertiary/aromatic N) is 1. The molecule has 0 radical (unpaired) electrons. The van der Waals surface area contributed by atoms with Crippen LogP contribution in [0.3, 0.4) is 0 Å². The van der Waals surface area contributed by atoms with Gasteiger partial charge in [0, 0.05) is 19.5 Å². The van der Waals surface area contributed by atoms with E-state index in [-0.39, 0.29) is 18.1 Å². The number of benzene rings is 3. The van der Waals surface area contributed by atoms with Crippen molar-refractivity contribution in [1.29, 1.82) is 0 Å². The third-order valence-electron chi connectivity index (χ3n) is 7.11. The van der Waals surface area contributed by atoms with Gasteiger partial charge < -0.3 is 23.7 Å². The van der Waals surface area contributed by atoms with E-state index in [0.717, 1.165) is 46.9 Å². The highest BCUT2D eigenvalue weighted by molar-refractivity contribution is 5.79. The Hall–Kier alpha value is -3.55. The van der Waals surface area contributed by atoms with Gasteiger partial charge in [0.05, 0.1) is 27.9 Å². The Morgan fingerprint density at radius 3 is 1.58 bits per heavy atom. The number of carbonyl (C=O) groups is 1. The Kier molecular flexibility index (Phi) is 6.85. The van der Waals surface area contributed by atoms with Gasteiger partial charge in [-0.3, -0.25) is 9.69 Å². The molecule has 2 saturated heterocycles. The number of likely N-dealkylation sites (tertiary alicyclic amines) is 1. The fourth-order valence-corrected chi connectivity index (χ4v) is 5.23. The number of hydrogen-bond acceptors (Lipinski definition) is 7. The molecule has 2 aliphatic rings. The Morgan fingerprint density at radius 2 is 1.22 bits per heavy atom. The first-order chi connectivity index (χ1) is 17.6. The summed E-state index contributed by atoms with van der Waals surface area (Å²) in [5.41, 5.74) is 1.97. The number of rotatable bonds is 10. The molecular formula is C29H31NO6. The predicted molar refractivity (Wildman–Crippen MR) is 135 cm³/mol. The van der Waals surface area contributed by atoms with Gasteiger partial charge in [-0.1, -0.05) is 36.4 Å². The fourth-order valence-electron chi connectivity index (χ4n) is 5.23. The first-order valence-electron chi connectivity index (χ1n) is 12.1. The van der Waals surface area contributed by atoms with Gasteiger partial charge >= 0.3 is 5.97 Å². The van der Waals surface area contributed by atoms with Crippen LogP contribution < -0.4 is 14.2 Å². The molecule has 0 unspecified atom stereocenters. The molecule has 5 rings (SSSR count). The summed E-state index contributed by atoms with van der Waals surface area (Å²) < 4.78 is 28.5. The average molecular weight is 490 g/mol. The topological polar surface area (TPSA) is 66.5 Å². The molecule has 2 fully saturated rings. The van der Waals surface area contributed by atoms with E-state index in [4.69, 9.17) is 23.7 Å². The summed E-state index contributed by atoms with van der Waals surface area (Å²) in [7, 11) is 4.96. The Morgan fingerprint density at radius 1 is 0.778 bits per heavy atom. The van der Waals surface area contributed by atoms with Gasteiger partial charge in [0.15, 0.2) is 0 Å². The monoisotopic (exact) mass is 489 g/mol. The highest BCUT2D eigenvalue weighted by Gasteiger charge is 2.46. The minimum Gasteiger partial charge on any atom is -0.497 e. The Balaban J connectivity index is 1.55. The average Bonchev–Trinajstić information content (AvgIpc) is 3.51. The quantitative estimate of drug-likeness (QED) is 0.315. The molecule has 2 aliphatic heterocycles. The molecule has 188 valence electrons. The summed E-state index contributed by atoms with van der Waals surface area (Å²) in [4.78, 5) is 14.3. The van der Waals surface area contributed by atoms with Crippen LogP contribution in [0.4, 0.5) is 0 Å². The van der Waals surface area contributed by atoms with Gasteiger partial charge in [0.1, 0.15) is 35.0 Å². The van der Waals surface area contributed by atoms with Crippen molar-refractivity contribution >= 4 is 5.97 Å². The molecule has 0 aliphatic carbocycles. The van der Waals surface area contributed by atoms with E-state index >= 15 is 0 Å². The lowest BCUT2D eigenvalue weighted by atomic mass is 9.80. The predicted octanol–water partition coefficient (Wildman–Crippen LogP) is 4.02. The first kappa shape index (κ1) is 24.2. The third kappa shape index (κ3) is 4.40. The van der Waals surface area contributed by atoms with E-state index in [1.54, 1.807) is 21.3 Å². The number of ether oxygens (including phenoxy) is 5. The molecule has 2 heterocycles. The van der Waals surface area contributed by atoms with Crippen LogP contribution in [0.2, 0.25) is 0 Å². The molecule has 3 aromatic rings. The maximum absolute atomic E-state index is 12.1. The lowest BCUT2D eigenvalue weighted by Gasteiger charge is -2.37. The molecular weight excluding hydrogens is 458 g/mol. The smallest absolute Gasteiger partial charge is 0.323 e. The number of carbonyl (C=O) groups excluding carboxylic acids is 1. The van der Waals surface area contributed by atoms with Gasteiger partial charge in [-0.2, -0.15) is 0 Å². The molecule has 2 bridgehead atoms. The van der Waals surface area contributed by atoms with Crippen molar-refractivity contribution in [3.63, 3.8) is 0 Å². The molecule has 2 atom stereocenters. The van der Waals surface area contributed by atoms with Gasteiger partial charge in [-0.05, 0) is 53.1 Å². The second kappa shape index (κ2) is 10.2. The number of methoxy groups -OCH3 is 3. The third-order valence-corrected chi connectivity index (χ3v) is 7.11. The van der Waals surface area contributed by atoms with E-state index in [1.807, 2.05) is 72.8 Å². The summed E-state index contributed by atoms with van der Waals surface area (Å²) >= 11 is 0. The molecule has 3 aromatic carbocycles. The SMILES string of the molecule is COc1ccc(C(OCCN2C[C@@H]3C[C@H]2C(=O)O3)(c2ccc(OC)cc2)c2ccc(OC)cc2)cc1. The lowest BCUT2D eigenvalue weighted by Crippen LogP contribution is -2.43. The van der Waals surface area contributed by atoms with Gasteiger partial charge in [0.25, 0.3) is 0 Å². The van der Waals surface area contributed by atoms with E-state index in [2.05, 4.69) is 4.90 Å². The van der Waals surface area contributed by atoms with Crippen LogP contribution in [0.25, 0.3) is 0 Å². The molecule has 0 saturated carbocycles. The number of esters is 1. The van der Waals surface area contributed by atoms with Crippen LogP contribution in [0, 0.1) is 0 Å². The van der Waals surface area contributed by atoms with Crippen molar-refractivity contribution in [3.8, 4) is 17.2 Å².